The Balaban J connectivity index is 1.82. The molecule has 0 fully saturated rings. The lowest BCUT2D eigenvalue weighted by molar-refractivity contribution is 0.282. The number of azo groups is 2. The first-order valence-corrected chi connectivity index (χ1v) is 24.2. The van der Waals surface area contributed by atoms with E-state index in [1.165, 1.54) is 6.92 Å². The molecule has 0 saturated heterocycles. The van der Waals surface area contributed by atoms with Gasteiger partial charge in [-0.05, 0) is 55.0 Å². The number of aromatic hydroxyl groups is 1. The summed E-state index contributed by atoms with van der Waals surface area (Å²) in [5, 5.41) is 25.8. The van der Waals surface area contributed by atoms with Crippen LogP contribution in [0.1, 0.15) is 5.56 Å². The van der Waals surface area contributed by atoms with E-state index in [-0.39, 0.29) is 38.4 Å². The van der Waals surface area contributed by atoms with Crippen LogP contribution in [0.3, 0.4) is 0 Å². The smallest absolute Gasteiger partial charge is 0.397 e. The van der Waals surface area contributed by atoms with Crippen LogP contribution in [0.25, 0.3) is 10.8 Å². The van der Waals surface area contributed by atoms with Crippen molar-refractivity contribution < 1.29 is 86.9 Å². The standard InChI is InChI=1S/C28H29N5O20S6/c1-15-11-21(22(51-2)14-23(15)55(37,38)10-8-53-59(48,49)50)31-33-27-25(57(42,43)44)13-18-17(28(27)34)4-5-19(29)26(18)32-30-20-6-3-16(12-24(20)56(39,40)41)54(35,36)9-7-52-58(45,46)47/h3-6,11-14,34H,7-10,29H2,1-2H3,(H,39,40,41)(H,42,43,44)(H,45,46,47)(H,48,49,50)/b32-30+,33-31+. The summed E-state index contributed by atoms with van der Waals surface area (Å²) >= 11 is 0. The van der Waals surface area contributed by atoms with Crippen molar-refractivity contribution in [2.45, 2.75) is 26.5 Å². The van der Waals surface area contributed by atoms with Crippen molar-refractivity contribution in [3.63, 3.8) is 0 Å². The normalized spacial score (nSPS) is 13.5. The third-order valence-corrected chi connectivity index (χ3v) is 13.7. The third-order valence-electron chi connectivity index (χ3n) is 7.58. The zero-order valence-corrected chi connectivity index (χ0v) is 34.5. The van der Waals surface area contributed by atoms with Crippen molar-refractivity contribution in [1.29, 1.82) is 0 Å². The fourth-order valence-electron chi connectivity index (χ4n) is 4.97. The maximum Gasteiger partial charge on any atom is 0.397 e. The summed E-state index contributed by atoms with van der Waals surface area (Å²) in [6.07, 6.45) is 0. The number of sulfone groups is 2. The van der Waals surface area contributed by atoms with Crippen LogP contribution < -0.4 is 10.5 Å². The second-order valence-electron chi connectivity index (χ2n) is 11.6. The fourth-order valence-corrected chi connectivity index (χ4v) is 9.61. The molecule has 0 heterocycles. The number of fused-ring (bicyclic) bond motifs is 1. The number of nitrogens with two attached hydrogens (primary N) is 1. The second kappa shape index (κ2) is 17.1. The number of benzene rings is 4. The van der Waals surface area contributed by atoms with Crippen LogP contribution in [-0.2, 0) is 69.1 Å². The van der Waals surface area contributed by atoms with Gasteiger partial charge in [-0.15, -0.1) is 20.5 Å². The van der Waals surface area contributed by atoms with Crippen LogP contribution in [0.4, 0.5) is 28.4 Å². The number of nitrogens with zero attached hydrogens (tertiary/aromatic N) is 4. The van der Waals surface area contributed by atoms with Crippen LogP contribution in [-0.4, -0.2) is 106 Å². The summed E-state index contributed by atoms with van der Waals surface area (Å²) in [4.78, 5) is -3.39. The highest BCUT2D eigenvalue weighted by Crippen LogP contribution is 2.46. The lowest BCUT2D eigenvalue weighted by Gasteiger charge is -2.13. The van der Waals surface area contributed by atoms with Gasteiger partial charge in [-0.1, -0.05) is 0 Å². The van der Waals surface area contributed by atoms with Crippen LogP contribution >= 0.6 is 0 Å². The fraction of sp³-hybridized carbons (Fsp3) is 0.214. The summed E-state index contributed by atoms with van der Waals surface area (Å²) in [5.41, 5.74) is 3.44. The molecule has 0 spiro atoms. The van der Waals surface area contributed by atoms with Crippen molar-refractivity contribution in [2.75, 3.05) is 37.6 Å². The predicted molar refractivity (Wildman–Crippen MR) is 201 cm³/mol. The molecule has 0 radical (unpaired) electrons. The minimum atomic E-state index is -5.31. The maximum atomic E-state index is 12.9. The van der Waals surface area contributed by atoms with Gasteiger partial charge in [0.15, 0.2) is 25.4 Å². The third kappa shape index (κ3) is 11.7. The van der Waals surface area contributed by atoms with Gasteiger partial charge >= 0.3 is 20.8 Å². The molecule has 4 aromatic carbocycles. The van der Waals surface area contributed by atoms with Gasteiger partial charge in [-0.25, -0.2) is 25.2 Å². The number of methoxy groups -OCH3 is 1. The lowest BCUT2D eigenvalue weighted by Crippen LogP contribution is -2.16. The molecule has 59 heavy (non-hydrogen) atoms. The first-order chi connectivity index (χ1) is 26.9. The number of rotatable bonds is 17. The van der Waals surface area contributed by atoms with E-state index in [1.807, 2.05) is 0 Å². The number of anilines is 1. The van der Waals surface area contributed by atoms with E-state index in [0.29, 0.717) is 6.07 Å². The topological polar surface area (TPSA) is 409 Å². The molecule has 322 valence electrons. The second-order valence-corrected chi connectivity index (χ2v) is 20.7. The Morgan fingerprint density at radius 3 is 1.68 bits per heavy atom. The van der Waals surface area contributed by atoms with E-state index in [0.717, 1.165) is 49.6 Å². The monoisotopic (exact) mass is 947 g/mol. The van der Waals surface area contributed by atoms with Crippen molar-refractivity contribution >= 4 is 99.9 Å². The molecule has 0 amide bonds. The first kappa shape index (κ1) is 46.9. The summed E-state index contributed by atoms with van der Waals surface area (Å²) in [6, 6.07) is 7.10. The number of hydrogen-bond acceptors (Lipinski definition) is 21. The van der Waals surface area contributed by atoms with E-state index in [1.54, 1.807) is 0 Å². The number of phenols is 1. The molecular weight excluding hydrogens is 919 g/mol. The van der Waals surface area contributed by atoms with Crippen LogP contribution in [0.5, 0.6) is 11.5 Å². The van der Waals surface area contributed by atoms with Gasteiger partial charge in [0.25, 0.3) is 20.2 Å². The molecule has 0 aromatic heterocycles. The average molecular weight is 948 g/mol. The molecular formula is C28H29N5O20S6. The quantitative estimate of drug-likeness (QED) is 0.0503. The van der Waals surface area contributed by atoms with Gasteiger partial charge in [-0.2, -0.15) is 33.7 Å². The molecule has 0 unspecified atom stereocenters. The number of nitrogen functional groups attached to an aromatic ring is 1. The molecule has 0 bridgehead atoms. The van der Waals surface area contributed by atoms with Gasteiger partial charge in [-0.3, -0.25) is 18.2 Å². The zero-order chi connectivity index (χ0) is 44.5. The van der Waals surface area contributed by atoms with Crippen molar-refractivity contribution in [3.05, 3.63) is 54.1 Å². The number of phenolic OH excluding ortho intramolecular Hbond substituents is 1. The highest BCUT2D eigenvalue weighted by Gasteiger charge is 2.27. The highest BCUT2D eigenvalue weighted by molar-refractivity contribution is 7.92. The van der Waals surface area contributed by atoms with Crippen LogP contribution in [0.2, 0.25) is 0 Å². The average Bonchev–Trinajstić information content (AvgIpc) is 3.08. The first-order valence-electron chi connectivity index (χ1n) is 15.3. The summed E-state index contributed by atoms with van der Waals surface area (Å²) < 4.78 is 195. The minimum Gasteiger partial charge on any atom is -0.505 e. The van der Waals surface area contributed by atoms with Gasteiger partial charge in [0, 0.05) is 16.8 Å². The van der Waals surface area contributed by atoms with Gasteiger partial charge in [0.1, 0.15) is 38.3 Å². The van der Waals surface area contributed by atoms with Crippen LogP contribution in [0, 0.1) is 6.92 Å². The predicted octanol–water partition coefficient (Wildman–Crippen LogP) is 2.96. The van der Waals surface area contributed by atoms with E-state index >= 15 is 0 Å². The van der Waals surface area contributed by atoms with Crippen LogP contribution in [0.15, 0.2) is 88.6 Å². The summed E-state index contributed by atoms with van der Waals surface area (Å²) in [5.74, 6) is -3.21. The van der Waals surface area contributed by atoms with E-state index in [4.69, 9.17) is 19.6 Å². The number of hydrogen-bond donors (Lipinski definition) is 6. The van der Waals surface area contributed by atoms with Crippen molar-refractivity contribution in [3.8, 4) is 11.5 Å². The molecule has 0 aliphatic carbocycles. The molecule has 0 saturated carbocycles. The Hall–Kier alpha value is -4.80. The Morgan fingerprint density at radius 2 is 1.14 bits per heavy atom. The number of aryl methyl sites for hydroxylation is 1. The number of ether oxygens (including phenoxy) is 1. The van der Waals surface area contributed by atoms with Gasteiger partial charge in [0.2, 0.25) is 0 Å². The lowest BCUT2D eigenvalue weighted by atomic mass is 10.1. The van der Waals surface area contributed by atoms with E-state index in [9.17, 15) is 64.7 Å². The summed E-state index contributed by atoms with van der Waals surface area (Å²) in [7, 11) is -28.2. The molecule has 4 rings (SSSR count). The van der Waals surface area contributed by atoms with E-state index < -0.39 is 123 Å². The van der Waals surface area contributed by atoms with Crippen molar-refractivity contribution in [2.24, 2.45) is 20.5 Å². The minimum absolute atomic E-state index is 0.00600. The van der Waals surface area contributed by atoms with Gasteiger partial charge < -0.3 is 15.6 Å². The Labute approximate surface area is 335 Å². The van der Waals surface area contributed by atoms with E-state index in [2.05, 4.69) is 28.8 Å². The Morgan fingerprint density at radius 1 is 0.593 bits per heavy atom. The molecule has 25 nitrogen and oxygen atoms in total. The molecule has 31 heteroatoms. The Bertz CT molecular complexity index is 3100. The van der Waals surface area contributed by atoms with Crippen molar-refractivity contribution in [1.82, 2.24) is 0 Å². The molecule has 0 aliphatic rings. The zero-order valence-electron chi connectivity index (χ0n) is 29.6. The maximum absolute atomic E-state index is 12.9. The molecule has 4 aromatic rings. The largest absolute Gasteiger partial charge is 0.505 e. The highest BCUT2D eigenvalue weighted by atomic mass is 32.3. The Kier molecular flexibility index (Phi) is 13.6. The molecule has 0 atom stereocenters. The molecule has 7 N–H and O–H groups in total. The molecule has 0 aliphatic heterocycles. The van der Waals surface area contributed by atoms with Gasteiger partial charge in [0.05, 0.1) is 47.3 Å². The summed E-state index contributed by atoms with van der Waals surface area (Å²) in [6.45, 7) is -0.706. The SMILES string of the molecule is COc1cc(S(=O)(=O)CCOS(=O)(=O)O)c(C)cc1/N=N/c1c(S(=O)(=O)O)cc2c(/N=N/c3ccc(S(=O)(=O)CCOS(=O)(=O)O)cc3S(=O)(=O)O)c(N)ccc2c1O.